The predicted octanol–water partition coefficient (Wildman–Crippen LogP) is 5.28. The van der Waals surface area contributed by atoms with Gasteiger partial charge in [-0.15, -0.1) is 0 Å². The molecule has 1 heterocycles. The Labute approximate surface area is 185 Å². The third-order valence-electron chi connectivity index (χ3n) is 4.45. The highest BCUT2D eigenvalue weighted by Gasteiger charge is 2.24. The molecule has 0 fully saturated rings. The first kappa shape index (κ1) is 20.5. The van der Waals surface area contributed by atoms with Crippen molar-refractivity contribution in [2.24, 2.45) is 4.99 Å². The molecule has 31 heavy (non-hydrogen) atoms. The number of carbonyl (C=O) groups excluding carboxylic acids is 1. The Bertz CT molecular complexity index is 1180. The molecule has 3 aromatic carbocycles. The van der Waals surface area contributed by atoms with Gasteiger partial charge >= 0.3 is 5.97 Å². The summed E-state index contributed by atoms with van der Waals surface area (Å²) < 4.78 is 11.9. The summed E-state index contributed by atoms with van der Waals surface area (Å²) >= 11 is 3.37. The van der Waals surface area contributed by atoms with E-state index in [9.17, 15) is 14.9 Å². The van der Waals surface area contributed by atoms with E-state index in [4.69, 9.17) is 9.47 Å². The van der Waals surface area contributed by atoms with E-state index in [0.717, 1.165) is 21.2 Å². The van der Waals surface area contributed by atoms with E-state index in [1.165, 1.54) is 12.1 Å². The molecule has 154 valence electrons. The molecular weight excluding hydrogens is 464 g/mol. The molecule has 0 amide bonds. The third kappa shape index (κ3) is 5.04. The highest BCUT2D eigenvalue weighted by Crippen LogP contribution is 2.22. The number of esters is 1. The van der Waals surface area contributed by atoms with Gasteiger partial charge in [-0.25, -0.2) is 9.79 Å². The van der Waals surface area contributed by atoms with Crippen LogP contribution in [0.3, 0.4) is 0 Å². The number of aliphatic imine (C=N–C) groups is 1. The first-order valence-corrected chi connectivity index (χ1v) is 10.0. The Balaban J connectivity index is 1.41. The first-order chi connectivity index (χ1) is 15.0. The van der Waals surface area contributed by atoms with Crippen molar-refractivity contribution in [2.75, 3.05) is 0 Å². The summed E-state index contributed by atoms with van der Waals surface area (Å²) in [6.45, 7) is 0.283. The second-order valence-corrected chi connectivity index (χ2v) is 7.54. The maximum absolute atomic E-state index is 12.1. The van der Waals surface area contributed by atoms with Crippen LogP contribution in [0.2, 0.25) is 0 Å². The van der Waals surface area contributed by atoms with Crippen LogP contribution in [0, 0.1) is 10.1 Å². The molecule has 0 radical (unpaired) electrons. The minimum absolute atomic E-state index is 0.0394. The van der Waals surface area contributed by atoms with E-state index < -0.39 is 10.9 Å². The fourth-order valence-electron chi connectivity index (χ4n) is 2.82. The molecule has 0 unspecified atom stereocenters. The van der Waals surface area contributed by atoms with Crippen LogP contribution in [0.5, 0.6) is 5.75 Å². The van der Waals surface area contributed by atoms with E-state index in [1.807, 2.05) is 24.3 Å². The lowest BCUT2D eigenvalue weighted by molar-refractivity contribution is -0.384. The van der Waals surface area contributed by atoms with Gasteiger partial charge in [0.05, 0.1) is 4.92 Å². The lowest BCUT2D eigenvalue weighted by Crippen LogP contribution is -2.05. The minimum atomic E-state index is -0.503. The minimum Gasteiger partial charge on any atom is -0.489 e. The van der Waals surface area contributed by atoms with Gasteiger partial charge in [0.25, 0.3) is 5.69 Å². The van der Waals surface area contributed by atoms with Gasteiger partial charge in [-0.1, -0.05) is 28.1 Å². The van der Waals surface area contributed by atoms with E-state index >= 15 is 0 Å². The van der Waals surface area contributed by atoms with Crippen LogP contribution in [0.4, 0.5) is 5.69 Å². The Hall–Kier alpha value is -3.78. The average molecular weight is 479 g/mol. The van der Waals surface area contributed by atoms with Crippen LogP contribution in [-0.4, -0.2) is 16.8 Å². The summed E-state index contributed by atoms with van der Waals surface area (Å²) in [6.07, 6.45) is 1.65. The van der Waals surface area contributed by atoms with Gasteiger partial charge in [0.2, 0.25) is 5.90 Å². The number of carbonyl (C=O) groups is 1. The van der Waals surface area contributed by atoms with E-state index in [2.05, 4.69) is 20.9 Å². The second-order valence-electron chi connectivity index (χ2n) is 6.62. The Morgan fingerprint density at radius 2 is 1.68 bits per heavy atom. The Morgan fingerprint density at radius 1 is 1.00 bits per heavy atom. The molecule has 1 aliphatic rings. The van der Waals surface area contributed by atoms with Crippen LogP contribution in [0.15, 0.2) is 88.0 Å². The van der Waals surface area contributed by atoms with Crippen molar-refractivity contribution in [1.29, 1.82) is 0 Å². The van der Waals surface area contributed by atoms with Crippen molar-refractivity contribution in [3.63, 3.8) is 0 Å². The molecule has 0 bridgehead atoms. The lowest BCUT2D eigenvalue weighted by atomic mass is 10.2. The molecule has 0 saturated heterocycles. The number of nitrogens with zero attached hydrogens (tertiary/aromatic N) is 2. The molecular formula is C23H15BrN2O5. The van der Waals surface area contributed by atoms with Crippen molar-refractivity contribution < 1.29 is 19.2 Å². The van der Waals surface area contributed by atoms with Gasteiger partial charge < -0.3 is 9.47 Å². The summed E-state index contributed by atoms with van der Waals surface area (Å²) in [6, 6.07) is 20.7. The van der Waals surface area contributed by atoms with Crippen molar-refractivity contribution >= 4 is 39.6 Å². The monoisotopic (exact) mass is 478 g/mol. The van der Waals surface area contributed by atoms with E-state index in [1.54, 1.807) is 42.5 Å². The van der Waals surface area contributed by atoms with Crippen LogP contribution in [0.1, 0.15) is 16.7 Å². The van der Waals surface area contributed by atoms with Crippen LogP contribution in [-0.2, 0) is 16.1 Å². The molecule has 0 N–H and O–H groups in total. The second kappa shape index (κ2) is 8.93. The van der Waals surface area contributed by atoms with E-state index in [-0.39, 0.29) is 23.9 Å². The molecule has 0 spiro atoms. The Morgan fingerprint density at radius 3 is 2.32 bits per heavy atom. The van der Waals surface area contributed by atoms with Crippen LogP contribution >= 0.6 is 15.9 Å². The molecule has 0 aromatic heterocycles. The summed E-state index contributed by atoms with van der Waals surface area (Å²) in [7, 11) is 0. The number of nitro groups is 1. The van der Waals surface area contributed by atoms with Crippen LogP contribution in [0.25, 0.3) is 6.08 Å². The largest absolute Gasteiger partial charge is 0.489 e. The molecule has 0 aliphatic carbocycles. The number of nitro benzene ring substituents is 1. The van der Waals surface area contributed by atoms with Crippen molar-refractivity contribution in [3.8, 4) is 5.75 Å². The molecule has 3 aromatic rings. The summed E-state index contributed by atoms with van der Waals surface area (Å²) in [5.74, 6) is 0.400. The predicted molar refractivity (Wildman–Crippen MR) is 119 cm³/mol. The summed E-state index contributed by atoms with van der Waals surface area (Å²) in [5.41, 5.74) is 2.57. The molecule has 0 atom stereocenters. The van der Waals surface area contributed by atoms with E-state index in [0.29, 0.717) is 5.75 Å². The standard InChI is InChI=1S/C23H15BrN2O5/c24-18-7-5-17(6-8-18)22-25-21(23(27)31-22)13-15-3-11-20(12-4-15)30-14-16-1-9-19(10-2-16)26(28)29/h1-13H,14H2/b21-13-. The van der Waals surface area contributed by atoms with Crippen LogP contribution < -0.4 is 4.74 Å². The number of hydrogen-bond acceptors (Lipinski definition) is 6. The average Bonchev–Trinajstić information content (AvgIpc) is 3.14. The van der Waals surface area contributed by atoms with Gasteiger partial charge in [-0.3, -0.25) is 10.1 Å². The fourth-order valence-corrected chi connectivity index (χ4v) is 3.09. The van der Waals surface area contributed by atoms with Gasteiger partial charge in [-0.05, 0) is 65.7 Å². The smallest absolute Gasteiger partial charge is 0.363 e. The van der Waals surface area contributed by atoms with Gasteiger partial charge in [0.1, 0.15) is 12.4 Å². The zero-order chi connectivity index (χ0) is 21.8. The number of cyclic esters (lactones) is 1. The normalized spacial score (nSPS) is 14.3. The highest BCUT2D eigenvalue weighted by molar-refractivity contribution is 9.10. The number of halogens is 1. The number of benzene rings is 3. The number of non-ortho nitro benzene ring substituents is 1. The highest BCUT2D eigenvalue weighted by atomic mass is 79.9. The van der Waals surface area contributed by atoms with Gasteiger partial charge in [-0.2, -0.15) is 0 Å². The first-order valence-electron chi connectivity index (χ1n) is 9.23. The topological polar surface area (TPSA) is 91.0 Å². The maximum atomic E-state index is 12.1. The molecule has 8 heteroatoms. The summed E-state index contributed by atoms with van der Waals surface area (Å²) in [4.78, 5) is 26.7. The lowest BCUT2D eigenvalue weighted by Gasteiger charge is -2.06. The van der Waals surface area contributed by atoms with Crippen molar-refractivity contribution in [2.45, 2.75) is 6.61 Å². The number of rotatable bonds is 6. The molecule has 1 aliphatic heterocycles. The SMILES string of the molecule is O=C1OC(c2ccc(Br)cc2)=N/C1=C\c1ccc(OCc2ccc([N+](=O)[O-])cc2)cc1. The van der Waals surface area contributed by atoms with Gasteiger partial charge in [0.15, 0.2) is 5.70 Å². The number of hydrogen-bond donors (Lipinski definition) is 0. The van der Waals surface area contributed by atoms with Crippen molar-refractivity contribution in [1.82, 2.24) is 0 Å². The van der Waals surface area contributed by atoms with Gasteiger partial charge in [0, 0.05) is 22.2 Å². The molecule has 4 rings (SSSR count). The van der Waals surface area contributed by atoms with Crippen molar-refractivity contribution in [3.05, 3.63) is 110 Å². The zero-order valence-corrected chi connectivity index (χ0v) is 17.6. The fraction of sp³-hybridized carbons (Fsp3) is 0.0435. The number of ether oxygens (including phenoxy) is 2. The molecule has 0 saturated carbocycles. The molecule has 7 nitrogen and oxygen atoms in total. The third-order valence-corrected chi connectivity index (χ3v) is 4.98. The quantitative estimate of drug-likeness (QED) is 0.208. The maximum Gasteiger partial charge on any atom is 0.363 e. The Kier molecular flexibility index (Phi) is 5.90. The summed E-state index contributed by atoms with van der Waals surface area (Å²) in [5, 5.41) is 10.7. The zero-order valence-electron chi connectivity index (χ0n) is 16.0.